The molecule has 0 N–H and O–H groups in total. The van der Waals surface area contributed by atoms with E-state index < -0.39 is 39.1 Å². The van der Waals surface area contributed by atoms with Gasteiger partial charge >= 0.3 is 0 Å². The van der Waals surface area contributed by atoms with Gasteiger partial charge in [0.25, 0.3) is 0 Å². The number of hydrogen-bond acceptors (Lipinski definition) is 20. The van der Waals surface area contributed by atoms with Crippen molar-refractivity contribution in [2.45, 2.75) is 227 Å². The second-order valence-corrected chi connectivity index (χ2v) is 21.0. The third-order valence-electron chi connectivity index (χ3n) is 8.74. The van der Waals surface area contributed by atoms with E-state index in [-0.39, 0.29) is 70.1 Å². The van der Waals surface area contributed by atoms with Crippen LogP contribution in [0.15, 0.2) is 0 Å². The first-order chi connectivity index (χ1) is 30.3. The predicted molar refractivity (Wildman–Crippen MR) is 235 cm³/mol. The Bertz CT molecular complexity index is 993. The van der Waals surface area contributed by atoms with Gasteiger partial charge in [-0.3, -0.25) is 0 Å². The van der Waals surface area contributed by atoms with Crippen LogP contribution in [0.5, 0.6) is 0 Å². The van der Waals surface area contributed by atoms with E-state index in [4.69, 9.17) is 0 Å². The molecule has 0 saturated carbocycles. The van der Waals surface area contributed by atoms with Crippen LogP contribution < -0.4 is 48.9 Å². The second-order valence-electron chi connectivity index (χ2n) is 15.2. The third kappa shape index (κ3) is 109. The molecule has 0 heterocycles. The van der Waals surface area contributed by atoms with Crippen LogP contribution in [0.4, 0.5) is 0 Å². The van der Waals surface area contributed by atoms with Gasteiger partial charge in [-0.25, -0.2) is 0 Å². The van der Waals surface area contributed by atoms with Crippen LogP contribution in [0.25, 0.3) is 0 Å². The molecule has 0 fully saturated rings. The maximum atomic E-state index is 10.0. The molecule has 0 aliphatic heterocycles. The molecule has 0 amide bonds. The molecule has 0 saturated heterocycles. The molecule has 0 atom stereocenters. The molecule has 0 aromatic carbocycles. The SMILES string of the molecule is CCCCCCCCOP(=O)([O-])[O-].CCCCCCCCOP(=O)([O-])[O-].CCCCCCCCOP(=O)([O-])[O-].CCCCCCCCOP(=O)([O-])[O-].CCCCCCCCOP(=O)([O-])[O-].[V].[V]. The van der Waals surface area contributed by atoms with E-state index in [1.54, 1.807) is 0 Å². The minimum atomic E-state index is -4.73. The van der Waals surface area contributed by atoms with Crippen molar-refractivity contribution in [3.05, 3.63) is 0 Å². The minimum Gasteiger partial charge on any atom is -0.790 e. The van der Waals surface area contributed by atoms with Crippen molar-refractivity contribution in [3.63, 3.8) is 0 Å². The van der Waals surface area contributed by atoms with Gasteiger partial charge in [-0.2, -0.15) is 0 Å². The Hall–Kier alpha value is 1.72. The van der Waals surface area contributed by atoms with Crippen LogP contribution in [-0.4, -0.2) is 33.0 Å². The van der Waals surface area contributed by atoms with Crippen molar-refractivity contribution >= 4 is 39.1 Å². The molecule has 0 aliphatic carbocycles. The first-order valence-electron chi connectivity index (χ1n) is 23.6. The zero-order chi connectivity index (χ0) is 50.8. The Morgan fingerprint density at radius 1 is 0.224 bits per heavy atom. The van der Waals surface area contributed by atoms with Crippen LogP contribution in [0.3, 0.4) is 0 Å². The third-order valence-corrected chi connectivity index (χ3v) is 11.2. The van der Waals surface area contributed by atoms with E-state index in [1.165, 1.54) is 96.3 Å². The van der Waals surface area contributed by atoms with E-state index in [9.17, 15) is 71.8 Å². The normalized spacial score (nSPS) is 11.6. The summed E-state index contributed by atoms with van der Waals surface area (Å²) in [4.78, 5) is 100. The monoisotopic (exact) mass is 1140 g/mol. The molecule has 0 rings (SSSR count). The molecule has 410 valence electrons. The number of phosphoric ester groups is 5. The van der Waals surface area contributed by atoms with Gasteiger partial charge < -0.3 is 94.4 Å². The predicted octanol–water partition coefficient (Wildman–Crippen LogP) is 5.96. The van der Waals surface area contributed by atoms with Gasteiger partial charge in [-0.05, 0) is 32.1 Å². The van der Waals surface area contributed by atoms with Gasteiger partial charge in [0.15, 0.2) is 0 Å². The molecular weight excluding hydrogens is 1060 g/mol. The van der Waals surface area contributed by atoms with Gasteiger partial charge in [-0.15, -0.1) is 0 Å². The summed E-state index contributed by atoms with van der Waals surface area (Å²) in [7, 11) is -23.6. The average Bonchev–Trinajstić information content (AvgIpc) is 3.18. The van der Waals surface area contributed by atoms with Gasteiger partial charge in [0.1, 0.15) is 0 Å². The summed E-state index contributed by atoms with van der Waals surface area (Å²) in [5.74, 6) is 0. The van der Waals surface area contributed by atoms with Gasteiger partial charge in [-0.1, -0.05) is 195 Å². The molecular formula is C40H85O20P5V2-10. The summed E-state index contributed by atoms with van der Waals surface area (Å²) in [6.07, 6.45) is 31.2. The Morgan fingerprint density at radius 3 is 0.433 bits per heavy atom. The topological polar surface area (TPSA) is 362 Å². The average molecular weight is 1140 g/mol. The summed E-state index contributed by atoms with van der Waals surface area (Å²) in [5.41, 5.74) is 0. The molecule has 0 aromatic heterocycles. The Kier molecular flexibility index (Phi) is 72.4. The number of unbranched alkanes of at least 4 members (excludes halogenated alkanes) is 25. The first-order valence-corrected chi connectivity index (χ1v) is 30.9. The van der Waals surface area contributed by atoms with Crippen LogP contribution in [0.2, 0.25) is 0 Å². The maximum Gasteiger partial charge on any atom is 0.0596 e. The quantitative estimate of drug-likeness (QED) is 0.0504. The van der Waals surface area contributed by atoms with Crippen molar-refractivity contribution in [2.24, 2.45) is 0 Å². The zero-order valence-corrected chi connectivity index (χ0v) is 48.3. The molecule has 27 heteroatoms. The van der Waals surface area contributed by atoms with E-state index in [0.717, 1.165) is 64.2 Å². The van der Waals surface area contributed by atoms with Crippen molar-refractivity contribution in [1.82, 2.24) is 0 Å². The molecule has 2 radical (unpaired) electrons. The van der Waals surface area contributed by atoms with Gasteiger partial charge in [0, 0.05) is 37.1 Å². The van der Waals surface area contributed by atoms with Crippen LogP contribution in [0, 0.1) is 0 Å². The zero-order valence-electron chi connectivity index (χ0n) is 41.0. The maximum absolute atomic E-state index is 10.0. The summed E-state index contributed by atoms with van der Waals surface area (Å²) in [6.45, 7) is 10.9. The van der Waals surface area contributed by atoms with Crippen molar-refractivity contribution < 1.29 is 131 Å². The van der Waals surface area contributed by atoms with Crippen molar-refractivity contribution in [1.29, 1.82) is 0 Å². The fourth-order valence-corrected chi connectivity index (χ4v) is 7.06. The Balaban J connectivity index is -0.000000133. The Labute approximate surface area is 428 Å². The first kappa shape index (κ1) is 82.7. The van der Waals surface area contributed by atoms with Crippen LogP contribution >= 0.6 is 39.1 Å². The van der Waals surface area contributed by atoms with Gasteiger partial charge in [0.05, 0.1) is 72.1 Å². The number of phosphoric acid groups is 5. The van der Waals surface area contributed by atoms with Crippen molar-refractivity contribution in [2.75, 3.05) is 33.0 Å². The summed E-state index contributed by atoms with van der Waals surface area (Å²) >= 11 is 0. The molecule has 0 aliphatic rings. The molecule has 0 spiro atoms. The molecule has 0 aromatic rings. The fraction of sp³-hybridized carbons (Fsp3) is 1.00. The molecule has 0 bridgehead atoms. The largest absolute Gasteiger partial charge is 0.790 e. The number of rotatable bonds is 40. The summed E-state index contributed by atoms with van der Waals surface area (Å²) in [6, 6.07) is 0. The minimum absolute atomic E-state index is 0. The van der Waals surface area contributed by atoms with E-state index in [2.05, 4.69) is 57.2 Å². The molecule has 0 unspecified atom stereocenters. The summed E-state index contributed by atoms with van der Waals surface area (Å²) in [5, 5.41) is 0. The smallest absolute Gasteiger partial charge is 0.0596 e. The second kappa shape index (κ2) is 58.6. The fourth-order valence-electron chi connectivity index (χ4n) is 5.29. The molecule has 67 heavy (non-hydrogen) atoms. The standard InChI is InChI=1S/5C8H19O4P.2V/c5*1-2-3-4-5-6-7-8-12-13(9,10)11;;/h5*2-8H2,1H3,(H2,9,10,11);;/p-10. The Morgan fingerprint density at radius 2 is 0.328 bits per heavy atom. The van der Waals surface area contributed by atoms with Crippen molar-refractivity contribution in [3.8, 4) is 0 Å². The summed E-state index contributed by atoms with van der Waals surface area (Å²) < 4.78 is 70.5. The van der Waals surface area contributed by atoms with E-state index in [0.29, 0.717) is 32.1 Å². The van der Waals surface area contributed by atoms with E-state index in [1.807, 2.05) is 0 Å². The number of hydrogen-bond donors (Lipinski definition) is 0. The van der Waals surface area contributed by atoms with Gasteiger partial charge in [0.2, 0.25) is 0 Å². The van der Waals surface area contributed by atoms with E-state index >= 15 is 0 Å². The molecule has 20 nitrogen and oxygen atoms in total. The van der Waals surface area contributed by atoms with Crippen LogP contribution in [-0.2, 0) is 82.6 Å². The van der Waals surface area contributed by atoms with Crippen LogP contribution in [0.1, 0.15) is 227 Å².